The molecule has 0 saturated carbocycles. The van der Waals surface area contributed by atoms with Crippen molar-refractivity contribution in [2.75, 3.05) is 19.0 Å². The molecule has 0 aliphatic carbocycles. The Bertz CT molecular complexity index is 358. The lowest BCUT2D eigenvalue weighted by atomic mass is 10.2. The zero-order chi connectivity index (χ0) is 13.6. The fraction of sp³-hybridized carbons (Fsp3) is 0.909. The van der Waals surface area contributed by atoms with Gasteiger partial charge in [0.1, 0.15) is 6.61 Å². The first kappa shape index (κ1) is 15.4. The summed E-state index contributed by atoms with van der Waals surface area (Å²) >= 11 is 0. The smallest absolute Gasteiger partial charge is 0.336 e. The van der Waals surface area contributed by atoms with E-state index in [1.807, 2.05) is 0 Å². The van der Waals surface area contributed by atoms with Gasteiger partial charge in [0.15, 0.2) is 6.10 Å². The lowest BCUT2D eigenvalue weighted by molar-refractivity contribution is -0.154. The fourth-order valence-corrected chi connectivity index (χ4v) is 2.74. The molecular formula is C11H20O6S. The maximum Gasteiger partial charge on any atom is 0.336 e. The van der Waals surface area contributed by atoms with E-state index in [9.17, 15) is 13.2 Å². The van der Waals surface area contributed by atoms with E-state index >= 15 is 0 Å². The van der Waals surface area contributed by atoms with Crippen LogP contribution in [0.3, 0.4) is 0 Å². The molecule has 0 spiro atoms. The third-order valence-corrected chi connectivity index (χ3v) is 4.00. The van der Waals surface area contributed by atoms with Crippen LogP contribution in [-0.2, 0) is 28.6 Å². The molecule has 106 valence electrons. The van der Waals surface area contributed by atoms with Crippen molar-refractivity contribution in [3.05, 3.63) is 0 Å². The highest BCUT2D eigenvalue weighted by molar-refractivity contribution is 7.86. The molecule has 1 aliphatic rings. The van der Waals surface area contributed by atoms with Crippen molar-refractivity contribution in [3.63, 3.8) is 0 Å². The molecule has 6 nitrogen and oxygen atoms in total. The Morgan fingerprint density at radius 1 is 1.50 bits per heavy atom. The van der Waals surface area contributed by atoms with Crippen molar-refractivity contribution in [1.29, 1.82) is 0 Å². The zero-order valence-electron chi connectivity index (χ0n) is 10.8. The Morgan fingerprint density at radius 2 is 2.22 bits per heavy atom. The maximum atomic E-state index is 11.5. The highest BCUT2D eigenvalue weighted by Gasteiger charge is 2.24. The maximum absolute atomic E-state index is 11.5. The van der Waals surface area contributed by atoms with Gasteiger partial charge in [-0.1, -0.05) is 6.92 Å². The summed E-state index contributed by atoms with van der Waals surface area (Å²) in [6, 6.07) is 0. The summed E-state index contributed by atoms with van der Waals surface area (Å²) in [4.78, 5) is 11.5. The predicted octanol–water partition coefficient (Wildman–Crippen LogP) is 0.853. The number of hydrogen-bond donors (Lipinski definition) is 0. The van der Waals surface area contributed by atoms with Gasteiger partial charge in [-0.05, 0) is 26.2 Å². The van der Waals surface area contributed by atoms with Crippen molar-refractivity contribution >= 4 is 16.1 Å². The Balaban J connectivity index is 2.32. The normalized spacial score (nSPS) is 21.8. The lowest BCUT2D eigenvalue weighted by Crippen LogP contribution is -2.29. The molecule has 7 heteroatoms. The molecule has 1 heterocycles. The van der Waals surface area contributed by atoms with E-state index in [1.54, 1.807) is 6.92 Å². The van der Waals surface area contributed by atoms with Gasteiger partial charge in [0.2, 0.25) is 0 Å². The minimum atomic E-state index is -3.65. The molecule has 0 amide bonds. The van der Waals surface area contributed by atoms with Gasteiger partial charge in [-0.2, -0.15) is 8.42 Å². The predicted molar refractivity (Wildman–Crippen MR) is 64.6 cm³/mol. The quantitative estimate of drug-likeness (QED) is 0.508. The van der Waals surface area contributed by atoms with E-state index in [0.29, 0.717) is 13.0 Å². The van der Waals surface area contributed by atoms with Gasteiger partial charge in [0, 0.05) is 6.61 Å². The van der Waals surface area contributed by atoms with Crippen LogP contribution in [0.2, 0.25) is 0 Å². The van der Waals surface area contributed by atoms with Crippen molar-refractivity contribution in [3.8, 4) is 0 Å². The van der Waals surface area contributed by atoms with E-state index < -0.39 is 22.2 Å². The Kier molecular flexibility index (Phi) is 6.04. The number of rotatable bonds is 7. The molecule has 0 aromatic heterocycles. The summed E-state index contributed by atoms with van der Waals surface area (Å²) in [5.74, 6) is -0.777. The van der Waals surface area contributed by atoms with Crippen LogP contribution in [0.1, 0.15) is 33.1 Å². The molecule has 0 bridgehead atoms. The molecule has 18 heavy (non-hydrogen) atoms. The van der Waals surface area contributed by atoms with Crippen LogP contribution in [0.5, 0.6) is 0 Å². The van der Waals surface area contributed by atoms with Gasteiger partial charge in [0.05, 0.1) is 11.9 Å². The third kappa shape index (κ3) is 5.32. The summed E-state index contributed by atoms with van der Waals surface area (Å²) in [7, 11) is -3.65. The van der Waals surface area contributed by atoms with Crippen molar-refractivity contribution in [2.45, 2.75) is 45.3 Å². The highest BCUT2D eigenvalue weighted by Crippen LogP contribution is 2.12. The van der Waals surface area contributed by atoms with Crippen LogP contribution < -0.4 is 0 Å². The first-order chi connectivity index (χ1) is 8.44. The average Bonchev–Trinajstić information content (AvgIpc) is 2.77. The van der Waals surface area contributed by atoms with Crippen LogP contribution >= 0.6 is 0 Å². The van der Waals surface area contributed by atoms with Crippen molar-refractivity contribution < 1.29 is 26.9 Å². The average molecular weight is 280 g/mol. The Labute approximate surface area is 108 Å². The van der Waals surface area contributed by atoms with Crippen LogP contribution in [0.25, 0.3) is 0 Å². The summed E-state index contributed by atoms with van der Waals surface area (Å²) in [5, 5.41) is 0. The SMILES string of the molecule is CCCS(=O)(=O)O[C@@H](C)C(=O)OCC1CCCO1. The second kappa shape index (κ2) is 7.06. The molecule has 0 radical (unpaired) electrons. The van der Waals surface area contributed by atoms with Crippen molar-refractivity contribution in [1.82, 2.24) is 0 Å². The minimum absolute atomic E-state index is 0.0756. The molecule has 0 aromatic rings. The van der Waals surface area contributed by atoms with Gasteiger partial charge in [-0.25, -0.2) is 4.79 Å². The zero-order valence-corrected chi connectivity index (χ0v) is 11.6. The monoisotopic (exact) mass is 280 g/mol. The number of hydrogen-bond acceptors (Lipinski definition) is 6. The molecule has 0 N–H and O–H groups in total. The molecule has 1 rings (SSSR count). The molecular weight excluding hydrogens is 260 g/mol. The van der Waals surface area contributed by atoms with E-state index in [-0.39, 0.29) is 18.5 Å². The lowest BCUT2D eigenvalue weighted by Gasteiger charge is -2.14. The second-order valence-electron chi connectivity index (χ2n) is 4.27. The summed E-state index contributed by atoms with van der Waals surface area (Å²) in [6.45, 7) is 3.92. The highest BCUT2D eigenvalue weighted by atomic mass is 32.2. The Morgan fingerprint density at radius 3 is 2.78 bits per heavy atom. The number of carbonyl (C=O) groups is 1. The van der Waals surface area contributed by atoms with Crippen LogP contribution in [-0.4, -0.2) is 45.6 Å². The number of esters is 1. The molecule has 0 aromatic carbocycles. The van der Waals surface area contributed by atoms with E-state index in [0.717, 1.165) is 12.8 Å². The summed E-state index contributed by atoms with van der Waals surface area (Å²) in [6.07, 6.45) is 1.08. The van der Waals surface area contributed by atoms with Crippen LogP contribution in [0.4, 0.5) is 0 Å². The van der Waals surface area contributed by atoms with Gasteiger partial charge in [-0.15, -0.1) is 0 Å². The van der Waals surface area contributed by atoms with Gasteiger partial charge in [0.25, 0.3) is 10.1 Å². The van der Waals surface area contributed by atoms with Crippen LogP contribution in [0.15, 0.2) is 0 Å². The molecule has 1 aliphatic heterocycles. The second-order valence-corrected chi connectivity index (χ2v) is 5.98. The van der Waals surface area contributed by atoms with Crippen LogP contribution in [0, 0.1) is 0 Å². The van der Waals surface area contributed by atoms with E-state index in [4.69, 9.17) is 13.7 Å². The molecule has 2 atom stereocenters. The molecule has 1 saturated heterocycles. The van der Waals surface area contributed by atoms with Gasteiger partial charge in [-0.3, -0.25) is 4.18 Å². The van der Waals surface area contributed by atoms with E-state index in [2.05, 4.69) is 0 Å². The minimum Gasteiger partial charge on any atom is -0.461 e. The third-order valence-electron chi connectivity index (χ3n) is 2.51. The number of carbonyl (C=O) groups excluding carboxylic acids is 1. The standard InChI is InChI=1S/C11H20O6S/c1-3-7-18(13,14)17-9(2)11(12)16-8-10-5-4-6-15-10/h9-10H,3-8H2,1-2H3/t9-,10?/m0/s1. The Hall–Kier alpha value is -0.660. The first-order valence-electron chi connectivity index (χ1n) is 6.14. The van der Waals surface area contributed by atoms with Crippen molar-refractivity contribution in [2.24, 2.45) is 0 Å². The van der Waals surface area contributed by atoms with Gasteiger partial charge >= 0.3 is 5.97 Å². The van der Waals surface area contributed by atoms with E-state index in [1.165, 1.54) is 6.92 Å². The fourth-order valence-electron chi connectivity index (χ4n) is 1.63. The summed E-state index contributed by atoms with van der Waals surface area (Å²) < 4.78 is 37.7. The summed E-state index contributed by atoms with van der Waals surface area (Å²) in [5.41, 5.74) is 0. The van der Waals surface area contributed by atoms with Gasteiger partial charge < -0.3 is 9.47 Å². The number of ether oxygens (including phenoxy) is 2. The first-order valence-corrected chi connectivity index (χ1v) is 7.71. The topological polar surface area (TPSA) is 78.9 Å². The molecule has 1 fully saturated rings. The largest absolute Gasteiger partial charge is 0.461 e. The molecule has 1 unspecified atom stereocenters.